The van der Waals surface area contributed by atoms with Gasteiger partial charge < -0.3 is 14.2 Å². The molecule has 0 saturated carbocycles. The molecule has 0 fully saturated rings. The van der Waals surface area contributed by atoms with Gasteiger partial charge in [0.05, 0.1) is 23.8 Å². The molecular formula is C21H21NO5. The van der Waals surface area contributed by atoms with Crippen LogP contribution in [-0.2, 0) is 9.47 Å². The molecular weight excluding hydrogens is 346 g/mol. The average Bonchev–Trinajstić information content (AvgIpc) is 2.60. The Morgan fingerprint density at radius 3 is 2.30 bits per heavy atom. The zero-order valence-corrected chi connectivity index (χ0v) is 15.7. The standard InChI is InChI=1S/C21H21NO5/c1-5-25-19(23)16-7-6-8-17(26-20(24)27-21(2,3)4)18(16)15-11-9-14(13-22)10-12-15/h6-12H,5H2,1-4H3. The fourth-order valence-corrected chi connectivity index (χ4v) is 2.36. The SMILES string of the molecule is CCOC(=O)c1cccc(OC(=O)OC(C)(C)C)c1-c1ccc(C#N)cc1. The normalized spacial score (nSPS) is 10.6. The van der Waals surface area contributed by atoms with Gasteiger partial charge in [0.15, 0.2) is 0 Å². The van der Waals surface area contributed by atoms with Crippen LogP contribution in [-0.4, -0.2) is 24.3 Å². The molecule has 0 aliphatic rings. The summed E-state index contributed by atoms with van der Waals surface area (Å²) in [5.41, 5.74) is 1.01. The summed E-state index contributed by atoms with van der Waals surface area (Å²) in [7, 11) is 0. The van der Waals surface area contributed by atoms with Crippen LogP contribution in [0.15, 0.2) is 42.5 Å². The predicted molar refractivity (Wildman–Crippen MR) is 99.4 cm³/mol. The van der Waals surface area contributed by atoms with Gasteiger partial charge in [0.25, 0.3) is 0 Å². The highest BCUT2D eigenvalue weighted by atomic mass is 16.7. The lowest BCUT2D eigenvalue weighted by molar-refractivity contribution is 0.0206. The fourth-order valence-electron chi connectivity index (χ4n) is 2.36. The summed E-state index contributed by atoms with van der Waals surface area (Å²) in [5, 5.41) is 8.98. The minimum absolute atomic E-state index is 0.166. The minimum atomic E-state index is -0.876. The van der Waals surface area contributed by atoms with Crippen molar-refractivity contribution in [3.8, 4) is 22.9 Å². The third-order valence-electron chi connectivity index (χ3n) is 3.41. The quantitative estimate of drug-likeness (QED) is 0.574. The molecule has 0 aliphatic carbocycles. The van der Waals surface area contributed by atoms with E-state index < -0.39 is 17.7 Å². The Morgan fingerprint density at radius 1 is 1.07 bits per heavy atom. The van der Waals surface area contributed by atoms with Crippen molar-refractivity contribution in [2.45, 2.75) is 33.3 Å². The van der Waals surface area contributed by atoms with E-state index in [1.165, 1.54) is 0 Å². The van der Waals surface area contributed by atoms with Gasteiger partial charge >= 0.3 is 12.1 Å². The summed E-state index contributed by atoms with van der Waals surface area (Å²) in [6, 6.07) is 13.4. The second kappa shape index (κ2) is 8.37. The molecule has 0 N–H and O–H groups in total. The van der Waals surface area contributed by atoms with E-state index in [4.69, 9.17) is 19.5 Å². The van der Waals surface area contributed by atoms with Crippen molar-refractivity contribution in [2.75, 3.05) is 6.61 Å². The molecule has 0 unspecified atom stereocenters. The molecule has 0 amide bonds. The van der Waals surface area contributed by atoms with E-state index in [-0.39, 0.29) is 17.9 Å². The summed E-state index contributed by atoms with van der Waals surface area (Å²) in [6.45, 7) is 7.10. The van der Waals surface area contributed by atoms with Crippen LogP contribution in [0.3, 0.4) is 0 Å². The van der Waals surface area contributed by atoms with Crippen molar-refractivity contribution < 1.29 is 23.8 Å². The number of carbonyl (C=O) groups is 2. The molecule has 0 atom stereocenters. The first-order chi connectivity index (χ1) is 12.7. The minimum Gasteiger partial charge on any atom is -0.462 e. The van der Waals surface area contributed by atoms with E-state index in [1.54, 1.807) is 70.2 Å². The number of nitriles is 1. The van der Waals surface area contributed by atoms with E-state index in [9.17, 15) is 9.59 Å². The Hall–Kier alpha value is -3.33. The highest BCUT2D eigenvalue weighted by Crippen LogP contribution is 2.34. The van der Waals surface area contributed by atoms with Gasteiger partial charge in [-0.15, -0.1) is 0 Å². The van der Waals surface area contributed by atoms with E-state index in [1.807, 2.05) is 6.07 Å². The number of nitrogens with zero attached hydrogens (tertiary/aromatic N) is 1. The lowest BCUT2D eigenvalue weighted by Crippen LogP contribution is -2.26. The van der Waals surface area contributed by atoms with Crippen LogP contribution in [0, 0.1) is 11.3 Å². The summed E-state index contributed by atoms with van der Waals surface area (Å²) in [5.74, 6) is -0.369. The molecule has 27 heavy (non-hydrogen) atoms. The van der Waals surface area contributed by atoms with Crippen LogP contribution in [0.1, 0.15) is 43.6 Å². The third kappa shape index (κ3) is 5.32. The van der Waals surface area contributed by atoms with Crippen molar-refractivity contribution in [2.24, 2.45) is 0 Å². The second-order valence-electron chi connectivity index (χ2n) is 6.65. The number of esters is 1. The van der Waals surface area contributed by atoms with Crippen LogP contribution in [0.5, 0.6) is 5.75 Å². The molecule has 0 spiro atoms. The van der Waals surface area contributed by atoms with Gasteiger partial charge in [0, 0.05) is 5.56 Å². The topological polar surface area (TPSA) is 85.6 Å². The maximum absolute atomic E-state index is 12.4. The molecule has 6 heteroatoms. The van der Waals surface area contributed by atoms with Gasteiger partial charge in [-0.2, -0.15) is 5.26 Å². The molecule has 0 radical (unpaired) electrons. The summed E-state index contributed by atoms with van der Waals surface area (Å²) < 4.78 is 15.7. The third-order valence-corrected chi connectivity index (χ3v) is 3.41. The van der Waals surface area contributed by atoms with Gasteiger partial charge in [0.2, 0.25) is 0 Å². The van der Waals surface area contributed by atoms with Crippen molar-refractivity contribution in [3.05, 3.63) is 53.6 Å². The molecule has 0 bridgehead atoms. The van der Waals surface area contributed by atoms with Crippen molar-refractivity contribution in [1.82, 2.24) is 0 Å². The Morgan fingerprint density at radius 2 is 1.74 bits per heavy atom. The van der Waals surface area contributed by atoms with Gasteiger partial charge in [-0.05, 0) is 57.5 Å². The zero-order chi connectivity index (χ0) is 20.0. The fraction of sp³-hybridized carbons (Fsp3) is 0.286. The number of hydrogen-bond acceptors (Lipinski definition) is 6. The lowest BCUT2D eigenvalue weighted by atomic mass is 9.97. The molecule has 140 valence electrons. The zero-order valence-electron chi connectivity index (χ0n) is 15.7. The van der Waals surface area contributed by atoms with Crippen molar-refractivity contribution in [1.29, 1.82) is 5.26 Å². The van der Waals surface area contributed by atoms with Gasteiger partial charge in [0.1, 0.15) is 11.4 Å². The van der Waals surface area contributed by atoms with Crippen molar-refractivity contribution in [3.63, 3.8) is 0 Å². The monoisotopic (exact) mass is 367 g/mol. The smallest absolute Gasteiger partial charge is 0.462 e. The summed E-state index contributed by atoms with van der Waals surface area (Å²) >= 11 is 0. The van der Waals surface area contributed by atoms with Gasteiger partial charge in [-0.1, -0.05) is 18.2 Å². The molecule has 6 nitrogen and oxygen atoms in total. The maximum atomic E-state index is 12.4. The Balaban J connectivity index is 2.52. The predicted octanol–water partition coefficient (Wildman–Crippen LogP) is 4.72. The molecule has 2 rings (SSSR count). The first-order valence-electron chi connectivity index (χ1n) is 8.46. The second-order valence-corrected chi connectivity index (χ2v) is 6.65. The number of benzene rings is 2. The van der Waals surface area contributed by atoms with E-state index in [0.717, 1.165) is 0 Å². The van der Waals surface area contributed by atoms with Crippen molar-refractivity contribution >= 4 is 12.1 Å². The number of ether oxygens (including phenoxy) is 3. The number of hydrogen-bond donors (Lipinski definition) is 0. The number of carbonyl (C=O) groups excluding carboxylic acids is 2. The van der Waals surface area contributed by atoms with Crippen LogP contribution in [0.2, 0.25) is 0 Å². The molecule has 0 aromatic heterocycles. The Bertz CT molecular complexity index is 873. The van der Waals surface area contributed by atoms with Gasteiger partial charge in [-0.3, -0.25) is 0 Å². The van der Waals surface area contributed by atoms with E-state index >= 15 is 0 Å². The van der Waals surface area contributed by atoms with Crippen LogP contribution in [0.25, 0.3) is 11.1 Å². The highest BCUT2D eigenvalue weighted by molar-refractivity contribution is 5.99. The Labute approximate surface area is 158 Å². The largest absolute Gasteiger partial charge is 0.514 e. The highest BCUT2D eigenvalue weighted by Gasteiger charge is 2.23. The first kappa shape index (κ1) is 20.0. The average molecular weight is 367 g/mol. The molecule has 2 aromatic carbocycles. The molecule has 0 saturated heterocycles. The summed E-state index contributed by atoms with van der Waals surface area (Å²) in [6.07, 6.45) is -0.876. The van der Waals surface area contributed by atoms with Crippen LogP contribution < -0.4 is 4.74 Å². The first-order valence-corrected chi connectivity index (χ1v) is 8.46. The lowest BCUT2D eigenvalue weighted by Gasteiger charge is -2.20. The van der Waals surface area contributed by atoms with E-state index in [0.29, 0.717) is 16.7 Å². The van der Waals surface area contributed by atoms with Crippen LogP contribution >= 0.6 is 0 Å². The summed E-state index contributed by atoms with van der Waals surface area (Å²) in [4.78, 5) is 24.5. The molecule has 0 aliphatic heterocycles. The molecule has 0 heterocycles. The van der Waals surface area contributed by atoms with E-state index in [2.05, 4.69) is 0 Å². The maximum Gasteiger partial charge on any atom is 0.514 e. The Kier molecular flexibility index (Phi) is 6.19. The van der Waals surface area contributed by atoms with Crippen LogP contribution in [0.4, 0.5) is 4.79 Å². The van der Waals surface area contributed by atoms with Gasteiger partial charge in [-0.25, -0.2) is 9.59 Å². The molecule has 2 aromatic rings. The number of rotatable bonds is 4.